The van der Waals surface area contributed by atoms with Crippen LogP contribution in [0.25, 0.3) is 0 Å². The zero-order valence-corrected chi connectivity index (χ0v) is 7.18. The molecule has 0 aliphatic heterocycles. The van der Waals surface area contributed by atoms with Gasteiger partial charge in [0, 0.05) is 5.75 Å². The van der Waals surface area contributed by atoms with Crippen LogP contribution >= 0.6 is 11.8 Å². The molecular weight excluding hydrogens is 156 g/mol. The van der Waals surface area contributed by atoms with Gasteiger partial charge in [-0.3, -0.25) is 5.73 Å². The molecule has 1 unspecified atom stereocenters. The van der Waals surface area contributed by atoms with Crippen LogP contribution in [0.4, 0.5) is 0 Å². The van der Waals surface area contributed by atoms with Gasteiger partial charge in [-0.05, 0) is 5.56 Å². The van der Waals surface area contributed by atoms with Gasteiger partial charge in [0.2, 0.25) is 0 Å². The summed E-state index contributed by atoms with van der Waals surface area (Å²) in [5.74, 6) is 0.950. The topological polar surface area (TPSA) is 53.7 Å². The molecule has 11 heavy (non-hydrogen) atoms. The van der Waals surface area contributed by atoms with Crippen molar-refractivity contribution in [3.8, 4) is 0 Å². The molecule has 2 nitrogen and oxygen atoms in total. The van der Waals surface area contributed by atoms with Gasteiger partial charge in [0.05, 0.1) is 0 Å². The van der Waals surface area contributed by atoms with Crippen molar-refractivity contribution in [1.29, 1.82) is 0 Å². The molecule has 1 aromatic carbocycles. The first-order chi connectivity index (χ1) is 5.29. The number of rotatable bonds is 3. The van der Waals surface area contributed by atoms with Crippen LogP contribution in [0, 0.1) is 0 Å². The molecular formula is C8H13N2S+. The molecule has 0 aliphatic rings. The molecule has 0 fully saturated rings. The van der Waals surface area contributed by atoms with Gasteiger partial charge in [-0.1, -0.05) is 42.1 Å². The highest BCUT2D eigenvalue weighted by Gasteiger charge is 1.97. The number of thioether (sulfide) groups is 1. The van der Waals surface area contributed by atoms with Crippen molar-refractivity contribution >= 4 is 11.8 Å². The van der Waals surface area contributed by atoms with Gasteiger partial charge >= 0.3 is 0 Å². The van der Waals surface area contributed by atoms with Crippen LogP contribution in [0.1, 0.15) is 5.56 Å². The molecule has 5 N–H and O–H groups in total. The van der Waals surface area contributed by atoms with Gasteiger partial charge < -0.3 is 5.73 Å². The second kappa shape index (κ2) is 4.38. The first kappa shape index (κ1) is 8.59. The molecule has 0 aliphatic carbocycles. The second-order valence-corrected chi connectivity index (χ2v) is 3.56. The van der Waals surface area contributed by atoms with Crippen LogP contribution in [0.2, 0.25) is 0 Å². The van der Waals surface area contributed by atoms with Crippen molar-refractivity contribution in [2.45, 2.75) is 11.3 Å². The van der Waals surface area contributed by atoms with Crippen molar-refractivity contribution in [2.24, 2.45) is 5.73 Å². The second-order valence-electron chi connectivity index (χ2n) is 2.34. The highest BCUT2D eigenvalue weighted by molar-refractivity contribution is 7.98. The number of nitrogens with two attached hydrogens (primary N) is 1. The Morgan fingerprint density at radius 3 is 2.55 bits per heavy atom. The van der Waals surface area contributed by atoms with Crippen molar-refractivity contribution in [1.82, 2.24) is 0 Å². The fourth-order valence-corrected chi connectivity index (χ4v) is 1.38. The smallest absolute Gasteiger partial charge is 0.184 e. The Hall–Kier alpha value is -0.510. The van der Waals surface area contributed by atoms with E-state index in [0.29, 0.717) is 0 Å². The molecule has 0 bridgehead atoms. The van der Waals surface area contributed by atoms with Crippen molar-refractivity contribution in [3.63, 3.8) is 0 Å². The van der Waals surface area contributed by atoms with Crippen molar-refractivity contribution < 1.29 is 5.73 Å². The average Bonchev–Trinajstić information content (AvgIpc) is 2.03. The highest BCUT2D eigenvalue weighted by Crippen LogP contribution is 2.10. The van der Waals surface area contributed by atoms with Gasteiger partial charge in [-0.15, -0.1) is 0 Å². The quantitative estimate of drug-likeness (QED) is 0.644. The largest absolute Gasteiger partial charge is 0.334 e. The Bertz CT molecular complexity index is 199. The summed E-state index contributed by atoms with van der Waals surface area (Å²) < 4.78 is 0. The molecule has 3 heteroatoms. The maximum atomic E-state index is 5.49. The third-order valence-corrected chi connectivity index (χ3v) is 2.24. The normalized spacial score (nSPS) is 12.9. The van der Waals surface area contributed by atoms with E-state index < -0.39 is 0 Å². The lowest BCUT2D eigenvalue weighted by Gasteiger charge is -2.01. The van der Waals surface area contributed by atoms with Crippen LogP contribution in [-0.2, 0) is 5.75 Å². The van der Waals surface area contributed by atoms with E-state index in [4.69, 9.17) is 5.73 Å². The van der Waals surface area contributed by atoms with Gasteiger partial charge in [-0.2, -0.15) is 0 Å². The molecule has 0 aromatic heterocycles. The minimum absolute atomic E-state index is 0.0183. The number of benzene rings is 1. The van der Waals surface area contributed by atoms with Crippen molar-refractivity contribution in [3.05, 3.63) is 35.9 Å². The molecule has 0 heterocycles. The SMILES string of the molecule is NC([NH3+])SCc1ccccc1. The molecule has 60 valence electrons. The van der Waals surface area contributed by atoms with E-state index in [-0.39, 0.29) is 5.50 Å². The van der Waals surface area contributed by atoms with E-state index in [1.54, 1.807) is 11.8 Å². The summed E-state index contributed by atoms with van der Waals surface area (Å²) >= 11 is 1.65. The Morgan fingerprint density at radius 1 is 1.36 bits per heavy atom. The van der Waals surface area contributed by atoms with Crippen LogP contribution in [-0.4, -0.2) is 5.50 Å². The Morgan fingerprint density at radius 2 is 2.00 bits per heavy atom. The Labute approximate surface area is 71.0 Å². The molecule has 0 saturated heterocycles. The summed E-state index contributed by atoms with van der Waals surface area (Å²) in [4.78, 5) is 0. The average molecular weight is 169 g/mol. The molecule has 1 atom stereocenters. The predicted molar refractivity (Wildman–Crippen MR) is 48.6 cm³/mol. The third kappa shape index (κ3) is 3.41. The molecule has 0 spiro atoms. The van der Waals surface area contributed by atoms with Gasteiger partial charge in [0.15, 0.2) is 5.50 Å². The fourth-order valence-electron chi connectivity index (χ4n) is 0.777. The summed E-state index contributed by atoms with van der Waals surface area (Å²) in [5, 5.41) is 0. The zero-order valence-electron chi connectivity index (χ0n) is 6.36. The maximum absolute atomic E-state index is 5.49. The molecule has 0 radical (unpaired) electrons. The summed E-state index contributed by atoms with van der Waals surface area (Å²) in [6, 6.07) is 10.3. The number of quaternary nitrogens is 1. The van der Waals surface area contributed by atoms with E-state index in [1.165, 1.54) is 5.56 Å². The predicted octanol–water partition coefficient (Wildman–Crippen LogP) is 0.404. The van der Waals surface area contributed by atoms with E-state index in [9.17, 15) is 0 Å². The summed E-state index contributed by atoms with van der Waals surface area (Å²) in [6.45, 7) is 0. The zero-order chi connectivity index (χ0) is 8.10. The van der Waals surface area contributed by atoms with E-state index >= 15 is 0 Å². The van der Waals surface area contributed by atoms with E-state index in [2.05, 4.69) is 17.9 Å². The highest BCUT2D eigenvalue weighted by atomic mass is 32.2. The summed E-state index contributed by atoms with van der Waals surface area (Å²) in [7, 11) is 0. The van der Waals surface area contributed by atoms with Crippen LogP contribution < -0.4 is 11.5 Å². The Kier molecular flexibility index (Phi) is 3.42. The monoisotopic (exact) mass is 169 g/mol. The Balaban J connectivity index is 2.39. The lowest BCUT2D eigenvalue weighted by molar-refractivity contribution is -0.384. The number of hydrogen-bond donors (Lipinski definition) is 2. The van der Waals surface area contributed by atoms with Crippen LogP contribution in [0.15, 0.2) is 30.3 Å². The summed E-state index contributed by atoms with van der Waals surface area (Å²) in [5.41, 5.74) is 10.5. The minimum atomic E-state index is -0.0183. The molecule has 1 rings (SSSR count). The fraction of sp³-hybridized carbons (Fsp3) is 0.250. The van der Waals surface area contributed by atoms with Gasteiger partial charge in [0.1, 0.15) is 0 Å². The third-order valence-electron chi connectivity index (χ3n) is 1.31. The number of hydrogen-bond acceptors (Lipinski definition) is 2. The molecule has 0 amide bonds. The minimum Gasteiger partial charge on any atom is -0.334 e. The van der Waals surface area contributed by atoms with Gasteiger partial charge in [0.25, 0.3) is 0 Å². The summed E-state index contributed by atoms with van der Waals surface area (Å²) in [6.07, 6.45) is 0. The standard InChI is InChI=1S/C8H12N2S/c9-8(10)11-6-7-4-2-1-3-5-7/h1-5,8H,6,9-10H2/p+1. The van der Waals surface area contributed by atoms with Crippen LogP contribution in [0.5, 0.6) is 0 Å². The first-order valence-corrected chi connectivity index (χ1v) is 4.58. The van der Waals surface area contributed by atoms with E-state index in [1.807, 2.05) is 18.2 Å². The van der Waals surface area contributed by atoms with Crippen LogP contribution in [0.3, 0.4) is 0 Å². The molecule has 1 aromatic rings. The van der Waals surface area contributed by atoms with Gasteiger partial charge in [-0.25, -0.2) is 0 Å². The van der Waals surface area contributed by atoms with E-state index in [0.717, 1.165) is 5.75 Å². The van der Waals surface area contributed by atoms with Crippen molar-refractivity contribution in [2.75, 3.05) is 0 Å². The lowest BCUT2D eigenvalue weighted by Crippen LogP contribution is -2.64. The first-order valence-electron chi connectivity index (χ1n) is 3.53. The molecule has 0 saturated carbocycles. The maximum Gasteiger partial charge on any atom is 0.184 e. The lowest BCUT2D eigenvalue weighted by atomic mass is 10.2.